The first kappa shape index (κ1) is 21.4. The number of ketones is 1. The molecule has 0 spiro atoms. The van der Waals surface area contributed by atoms with Crippen LogP contribution in [0.15, 0.2) is 66.2 Å². The van der Waals surface area contributed by atoms with Crippen LogP contribution in [-0.2, 0) is 11.3 Å². The van der Waals surface area contributed by atoms with Crippen molar-refractivity contribution in [1.29, 1.82) is 0 Å². The van der Waals surface area contributed by atoms with Gasteiger partial charge in [-0.1, -0.05) is 29.8 Å². The van der Waals surface area contributed by atoms with Gasteiger partial charge < -0.3 is 10.6 Å². The molecule has 32 heavy (non-hydrogen) atoms. The normalized spacial score (nSPS) is 14.2. The van der Waals surface area contributed by atoms with Gasteiger partial charge in [0.1, 0.15) is 11.6 Å². The lowest BCUT2D eigenvalue weighted by Crippen LogP contribution is -2.28. The van der Waals surface area contributed by atoms with Crippen molar-refractivity contribution in [3.63, 3.8) is 0 Å². The fourth-order valence-electron chi connectivity index (χ4n) is 3.21. The summed E-state index contributed by atoms with van der Waals surface area (Å²) in [6, 6.07) is 13.9. The first-order valence-electron chi connectivity index (χ1n) is 9.51. The van der Waals surface area contributed by atoms with Crippen LogP contribution in [-0.4, -0.2) is 17.6 Å². The highest BCUT2D eigenvalue weighted by molar-refractivity contribution is 6.36. The Hall–Kier alpha value is -3.84. The number of hydrogen-bond acceptors (Lipinski definition) is 3. The van der Waals surface area contributed by atoms with Crippen LogP contribution in [0.3, 0.4) is 0 Å². The Bertz CT molecular complexity index is 1290. The van der Waals surface area contributed by atoms with E-state index in [0.29, 0.717) is 11.1 Å². The first-order chi connectivity index (χ1) is 15.3. The zero-order valence-corrected chi connectivity index (χ0v) is 17.2. The van der Waals surface area contributed by atoms with Gasteiger partial charge in [-0.15, -0.1) is 0 Å². The molecule has 3 aromatic carbocycles. The maximum atomic E-state index is 13.7. The summed E-state index contributed by atoms with van der Waals surface area (Å²) in [5.74, 6) is -2.71. The van der Waals surface area contributed by atoms with Gasteiger partial charge in [0.15, 0.2) is 0 Å². The lowest BCUT2D eigenvalue weighted by atomic mass is 9.93. The first-order valence-corrected chi connectivity index (χ1v) is 9.89. The van der Waals surface area contributed by atoms with Gasteiger partial charge in [-0.05, 0) is 59.7 Å². The number of carbonyl (C=O) groups excluding carboxylic acids is 3. The second kappa shape index (κ2) is 8.72. The largest absolute Gasteiger partial charge is 0.348 e. The van der Waals surface area contributed by atoms with Crippen LogP contribution in [0.5, 0.6) is 0 Å². The topological polar surface area (TPSA) is 75.3 Å². The van der Waals surface area contributed by atoms with E-state index in [1.165, 1.54) is 48.5 Å². The third-order valence-corrected chi connectivity index (χ3v) is 5.19. The summed E-state index contributed by atoms with van der Waals surface area (Å²) < 4.78 is 26.7. The molecule has 3 aromatic rings. The lowest BCUT2D eigenvalue weighted by molar-refractivity contribution is -0.112. The van der Waals surface area contributed by atoms with Gasteiger partial charge in [0.2, 0.25) is 5.78 Å². The maximum absolute atomic E-state index is 13.7. The number of anilines is 1. The Kier molecular flexibility index (Phi) is 5.83. The zero-order valence-electron chi connectivity index (χ0n) is 16.4. The van der Waals surface area contributed by atoms with Crippen LogP contribution in [0.1, 0.15) is 31.8 Å². The van der Waals surface area contributed by atoms with E-state index in [1.807, 2.05) is 0 Å². The molecule has 8 heteroatoms. The van der Waals surface area contributed by atoms with Crippen molar-refractivity contribution in [1.82, 2.24) is 5.32 Å². The Morgan fingerprint density at radius 3 is 2.47 bits per heavy atom. The minimum atomic E-state index is -0.676. The SMILES string of the molecule is O=C1Nc2ccc(C(=O)NCc3ccc(F)cc3)cc2C(=O)/C1=C/c1ccc(Cl)c(F)c1. The monoisotopic (exact) mass is 452 g/mol. The summed E-state index contributed by atoms with van der Waals surface area (Å²) in [5, 5.41) is 5.22. The molecule has 0 aromatic heterocycles. The Balaban J connectivity index is 1.57. The maximum Gasteiger partial charge on any atom is 0.259 e. The lowest BCUT2D eigenvalue weighted by Gasteiger charge is -2.19. The molecule has 1 aliphatic heterocycles. The van der Waals surface area contributed by atoms with Crippen molar-refractivity contribution in [2.24, 2.45) is 0 Å². The predicted octanol–water partition coefficient (Wildman–Crippen LogP) is 4.77. The van der Waals surface area contributed by atoms with Gasteiger partial charge in [0.25, 0.3) is 11.8 Å². The molecule has 0 aliphatic carbocycles. The predicted molar refractivity (Wildman–Crippen MR) is 116 cm³/mol. The van der Waals surface area contributed by atoms with E-state index in [2.05, 4.69) is 10.6 Å². The van der Waals surface area contributed by atoms with Crippen molar-refractivity contribution < 1.29 is 23.2 Å². The average Bonchev–Trinajstić information content (AvgIpc) is 2.78. The molecule has 2 amide bonds. The molecule has 0 radical (unpaired) electrons. The van der Waals surface area contributed by atoms with E-state index in [-0.39, 0.29) is 39.8 Å². The standard InChI is InChI=1S/C24H15ClF2N2O3/c25-19-7-3-14(10-20(19)27)9-18-22(30)17-11-15(4-8-21(17)29-24(18)32)23(31)28-12-13-1-5-16(26)6-2-13/h1-11H,12H2,(H,28,31)(H,29,32)/b18-9-. The zero-order chi connectivity index (χ0) is 22.8. The van der Waals surface area contributed by atoms with Crippen LogP contribution in [0, 0.1) is 11.6 Å². The molecule has 0 bridgehead atoms. The summed E-state index contributed by atoms with van der Waals surface area (Å²) >= 11 is 5.67. The van der Waals surface area contributed by atoms with Gasteiger partial charge >= 0.3 is 0 Å². The van der Waals surface area contributed by atoms with Crippen LogP contribution >= 0.6 is 11.6 Å². The highest BCUT2D eigenvalue weighted by atomic mass is 35.5. The van der Waals surface area contributed by atoms with E-state index in [9.17, 15) is 23.2 Å². The van der Waals surface area contributed by atoms with Gasteiger partial charge in [-0.25, -0.2) is 8.78 Å². The minimum Gasteiger partial charge on any atom is -0.348 e. The van der Waals surface area contributed by atoms with Crippen LogP contribution in [0.2, 0.25) is 5.02 Å². The Morgan fingerprint density at radius 1 is 1.00 bits per heavy atom. The van der Waals surface area contributed by atoms with Crippen LogP contribution in [0.4, 0.5) is 14.5 Å². The molecule has 1 aliphatic rings. The summed E-state index contributed by atoms with van der Waals surface area (Å²) in [5.41, 5.74) is 1.44. The molecule has 2 N–H and O–H groups in total. The van der Waals surface area contributed by atoms with Gasteiger partial charge in [-0.2, -0.15) is 0 Å². The smallest absolute Gasteiger partial charge is 0.259 e. The van der Waals surface area contributed by atoms with E-state index in [4.69, 9.17) is 11.6 Å². The number of benzene rings is 3. The fourth-order valence-corrected chi connectivity index (χ4v) is 3.32. The molecule has 4 rings (SSSR count). The molecule has 0 saturated heterocycles. The highest BCUT2D eigenvalue weighted by Gasteiger charge is 2.29. The van der Waals surface area contributed by atoms with Crippen molar-refractivity contribution in [3.8, 4) is 0 Å². The van der Waals surface area contributed by atoms with E-state index in [1.54, 1.807) is 12.1 Å². The number of Topliss-reactive ketones (excluding diaryl/α,β-unsaturated/α-hetero) is 1. The van der Waals surface area contributed by atoms with Crippen LogP contribution < -0.4 is 10.6 Å². The number of hydrogen-bond donors (Lipinski definition) is 2. The number of amides is 2. The summed E-state index contributed by atoms with van der Waals surface area (Å²) in [4.78, 5) is 37.9. The van der Waals surface area contributed by atoms with Crippen molar-refractivity contribution >= 4 is 41.0 Å². The molecule has 5 nitrogen and oxygen atoms in total. The van der Waals surface area contributed by atoms with Crippen molar-refractivity contribution in [2.75, 3.05) is 5.32 Å². The van der Waals surface area contributed by atoms with Gasteiger partial charge in [-0.3, -0.25) is 14.4 Å². The molecular formula is C24H15ClF2N2O3. The molecule has 0 atom stereocenters. The third-order valence-electron chi connectivity index (χ3n) is 4.88. The molecule has 0 unspecified atom stereocenters. The Labute approximate surface area is 186 Å². The highest BCUT2D eigenvalue weighted by Crippen LogP contribution is 2.28. The quantitative estimate of drug-likeness (QED) is 0.442. The second-order valence-electron chi connectivity index (χ2n) is 7.08. The molecule has 0 saturated carbocycles. The molecule has 0 fully saturated rings. The summed E-state index contributed by atoms with van der Waals surface area (Å²) in [6.45, 7) is 0.175. The fraction of sp³-hybridized carbons (Fsp3) is 0.0417. The number of carbonyl (C=O) groups is 3. The number of halogens is 3. The summed E-state index contributed by atoms with van der Waals surface area (Å²) in [7, 11) is 0. The molecular weight excluding hydrogens is 438 g/mol. The van der Waals surface area contributed by atoms with Crippen molar-refractivity contribution in [3.05, 3.63) is 105 Å². The summed E-state index contributed by atoms with van der Waals surface area (Å²) in [6.07, 6.45) is 1.27. The number of rotatable bonds is 4. The van der Waals surface area contributed by atoms with Gasteiger partial charge in [0.05, 0.1) is 16.3 Å². The average molecular weight is 453 g/mol. The minimum absolute atomic E-state index is 0.0757. The van der Waals surface area contributed by atoms with E-state index < -0.39 is 23.4 Å². The Morgan fingerprint density at radius 2 is 1.75 bits per heavy atom. The van der Waals surface area contributed by atoms with Crippen molar-refractivity contribution in [2.45, 2.75) is 6.54 Å². The molecule has 1 heterocycles. The molecule has 160 valence electrons. The van der Waals surface area contributed by atoms with E-state index >= 15 is 0 Å². The number of nitrogens with one attached hydrogen (secondary N) is 2. The number of fused-ring (bicyclic) bond motifs is 1. The van der Waals surface area contributed by atoms with Gasteiger partial charge in [0, 0.05) is 17.7 Å². The van der Waals surface area contributed by atoms with Crippen LogP contribution in [0.25, 0.3) is 6.08 Å². The third kappa shape index (κ3) is 4.43. The van der Waals surface area contributed by atoms with E-state index in [0.717, 1.165) is 6.07 Å². The second-order valence-corrected chi connectivity index (χ2v) is 7.49.